The minimum atomic E-state index is 0.531. The summed E-state index contributed by atoms with van der Waals surface area (Å²) in [5.74, 6) is 4.41. The van der Waals surface area contributed by atoms with Crippen LogP contribution in [0.3, 0.4) is 0 Å². The molecule has 0 aliphatic heterocycles. The number of hydrogen-bond acceptors (Lipinski definition) is 0. The van der Waals surface area contributed by atoms with Crippen LogP contribution in [0.1, 0.15) is 59.3 Å². The molecule has 0 aromatic carbocycles. The molecule has 3 aliphatic carbocycles. The second-order valence-electron chi connectivity index (χ2n) is 8.00. The largest absolute Gasteiger partial charge is 0.0808 e. The van der Waals surface area contributed by atoms with Gasteiger partial charge >= 0.3 is 0 Å². The molecular weight excluding hydrogens is 228 g/mol. The van der Waals surface area contributed by atoms with Crippen LogP contribution in [0.15, 0.2) is 24.3 Å². The lowest BCUT2D eigenvalue weighted by Crippen LogP contribution is -2.42. The summed E-state index contributed by atoms with van der Waals surface area (Å²) in [6.45, 7) is 7.63. The van der Waals surface area contributed by atoms with Crippen LogP contribution in [-0.4, -0.2) is 0 Å². The quantitative estimate of drug-likeness (QED) is 0.604. The molecule has 0 bridgehead atoms. The van der Waals surface area contributed by atoms with Gasteiger partial charge in [0.1, 0.15) is 0 Å². The topological polar surface area (TPSA) is 0 Å². The van der Waals surface area contributed by atoms with Gasteiger partial charge in [-0.15, -0.1) is 0 Å². The smallest absolute Gasteiger partial charge is 0.0134 e. The van der Waals surface area contributed by atoms with Gasteiger partial charge in [-0.2, -0.15) is 0 Å². The summed E-state index contributed by atoms with van der Waals surface area (Å²) >= 11 is 0. The normalized spacial score (nSPS) is 39.5. The molecule has 3 aliphatic rings. The summed E-state index contributed by atoms with van der Waals surface area (Å²) in [7, 11) is 0. The van der Waals surface area contributed by atoms with E-state index in [2.05, 4.69) is 45.1 Å². The summed E-state index contributed by atoms with van der Waals surface area (Å²) < 4.78 is 0. The molecule has 106 valence electrons. The van der Waals surface area contributed by atoms with Crippen LogP contribution in [0.2, 0.25) is 0 Å². The van der Waals surface area contributed by atoms with Gasteiger partial charge in [-0.05, 0) is 60.7 Å². The van der Waals surface area contributed by atoms with E-state index >= 15 is 0 Å². The Kier molecular flexibility index (Phi) is 3.62. The maximum Gasteiger partial charge on any atom is -0.0134 e. The van der Waals surface area contributed by atoms with Crippen LogP contribution < -0.4 is 0 Å². The molecule has 0 radical (unpaired) electrons. The van der Waals surface area contributed by atoms with Crippen molar-refractivity contribution in [3.8, 4) is 0 Å². The van der Waals surface area contributed by atoms with E-state index in [-0.39, 0.29) is 0 Å². The average molecular weight is 258 g/mol. The summed E-state index contributed by atoms with van der Waals surface area (Å²) in [6.07, 6.45) is 18.3. The Morgan fingerprint density at radius 3 is 2.37 bits per heavy atom. The lowest BCUT2D eigenvalue weighted by Gasteiger charge is -2.50. The van der Waals surface area contributed by atoms with E-state index in [4.69, 9.17) is 0 Å². The Hall–Kier alpha value is -0.520. The van der Waals surface area contributed by atoms with Gasteiger partial charge in [0.05, 0.1) is 0 Å². The van der Waals surface area contributed by atoms with Gasteiger partial charge in [-0.3, -0.25) is 0 Å². The van der Waals surface area contributed by atoms with Crippen molar-refractivity contribution in [1.82, 2.24) is 0 Å². The van der Waals surface area contributed by atoms with Gasteiger partial charge in [0.2, 0.25) is 0 Å². The van der Waals surface area contributed by atoms with Crippen molar-refractivity contribution in [2.24, 2.45) is 35.0 Å². The molecule has 0 N–H and O–H groups in total. The summed E-state index contributed by atoms with van der Waals surface area (Å²) in [6, 6.07) is 0. The molecule has 0 aromatic rings. The number of hydrogen-bond donors (Lipinski definition) is 0. The predicted octanol–water partition coefficient (Wildman–Crippen LogP) is 5.61. The molecule has 2 fully saturated rings. The van der Waals surface area contributed by atoms with Crippen molar-refractivity contribution in [3.05, 3.63) is 24.3 Å². The van der Waals surface area contributed by atoms with Crippen molar-refractivity contribution >= 4 is 0 Å². The van der Waals surface area contributed by atoms with E-state index in [0.717, 1.165) is 29.6 Å². The van der Waals surface area contributed by atoms with E-state index < -0.39 is 0 Å². The number of allylic oxidation sites excluding steroid dienone is 4. The molecule has 0 spiro atoms. The first kappa shape index (κ1) is 13.5. The van der Waals surface area contributed by atoms with Crippen LogP contribution >= 0.6 is 0 Å². The highest BCUT2D eigenvalue weighted by Crippen LogP contribution is 2.54. The lowest BCUT2D eigenvalue weighted by atomic mass is 9.55. The maximum absolute atomic E-state index is 2.58. The fraction of sp³-hybridized carbons (Fsp3) is 0.789. The monoisotopic (exact) mass is 258 g/mol. The van der Waals surface area contributed by atoms with Gasteiger partial charge in [0.15, 0.2) is 0 Å². The molecule has 0 amide bonds. The molecule has 19 heavy (non-hydrogen) atoms. The maximum atomic E-state index is 2.58. The fourth-order valence-electron chi connectivity index (χ4n) is 5.26. The highest BCUT2D eigenvalue weighted by Gasteiger charge is 2.46. The second kappa shape index (κ2) is 5.11. The highest BCUT2D eigenvalue weighted by molar-refractivity contribution is 5.18. The van der Waals surface area contributed by atoms with Crippen molar-refractivity contribution in [3.63, 3.8) is 0 Å². The Morgan fingerprint density at radius 2 is 1.63 bits per heavy atom. The Labute approximate surface area is 119 Å². The minimum Gasteiger partial charge on any atom is -0.0808 e. The van der Waals surface area contributed by atoms with Crippen LogP contribution in [0.4, 0.5) is 0 Å². The molecule has 4 unspecified atom stereocenters. The predicted molar refractivity (Wildman–Crippen MR) is 82.9 cm³/mol. The van der Waals surface area contributed by atoms with Gasteiger partial charge in [0, 0.05) is 0 Å². The first-order chi connectivity index (χ1) is 9.09. The van der Waals surface area contributed by atoms with Crippen LogP contribution in [0, 0.1) is 35.0 Å². The zero-order chi connectivity index (χ0) is 13.5. The van der Waals surface area contributed by atoms with E-state index in [1.54, 1.807) is 0 Å². The van der Waals surface area contributed by atoms with Crippen molar-refractivity contribution < 1.29 is 0 Å². The zero-order valence-electron chi connectivity index (χ0n) is 12.9. The molecule has 2 saturated carbocycles. The standard InChI is InChI=1S/C19H30/c1-14-12-15-8-4-7-11-17(15)18(13-14)19(2,3)16-9-5-6-10-16/h4,7-8,11,14-18H,5-6,9-10,12-13H2,1-3H3. The van der Waals surface area contributed by atoms with Crippen LogP contribution in [0.5, 0.6) is 0 Å². The fourth-order valence-corrected chi connectivity index (χ4v) is 5.26. The van der Waals surface area contributed by atoms with Gasteiger partial charge in [-0.25, -0.2) is 0 Å². The Balaban J connectivity index is 1.84. The summed E-state index contributed by atoms with van der Waals surface area (Å²) in [5.41, 5.74) is 0.531. The Morgan fingerprint density at radius 1 is 0.947 bits per heavy atom. The molecule has 3 rings (SSSR count). The SMILES string of the molecule is CC1CC2C=CC=CC2C(C(C)(C)C2CCCC2)C1. The van der Waals surface area contributed by atoms with Crippen LogP contribution in [-0.2, 0) is 0 Å². The van der Waals surface area contributed by atoms with E-state index in [1.807, 2.05) is 0 Å². The average Bonchev–Trinajstić information content (AvgIpc) is 2.92. The van der Waals surface area contributed by atoms with Crippen LogP contribution in [0.25, 0.3) is 0 Å². The van der Waals surface area contributed by atoms with Crippen molar-refractivity contribution in [2.45, 2.75) is 59.3 Å². The van der Waals surface area contributed by atoms with Crippen molar-refractivity contribution in [2.75, 3.05) is 0 Å². The van der Waals surface area contributed by atoms with Gasteiger partial charge < -0.3 is 0 Å². The van der Waals surface area contributed by atoms with Crippen molar-refractivity contribution in [1.29, 1.82) is 0 Å². The first-order valence-electron chi connectivity index (χ1n) is 8.44. The van der Waals surface area contributed by atoms with Gasteiger partial charge in [-0.1, -0.05) is 57.9 Å². The first-order valence-corrected chi connectivity index (χ1v) is 8.44. The van der Waals surface area contributed by atoms with E-state index in [0.29, 0.717) is 5.41 Å². The molecule has 4 atom stereocenters. The Bertz CT molecular complexity index is 367. The summed E-state index contributed by atoms with van der Waals surface area (Å²) in [4.78, 5) is 0. The zero-order valence-corrected chi connectivity index (χ0v) is 12.9. The third kappa shape index (κ3) is 2.43. The number of fused-ring (bicyclic) bond motifs is 1. The minimum absolute atomic E-state index is 0.531. The third-order valence-corrected chi connectivity index (χ3v) is 6.46. The second-order valence-corrected chi connectivity index (χ2v) is 8.00. The molecule has 0 nitrogen and oxygen atoms in total. The van der Waals surface area contributed by atoms with E-state index in [1.165, 1.54) is 38.5 Å². The number of rotatable bonds is 2. The molecule has 0 heteroatoms. The molecule has 0 heterocycles. The molecule has 0 saturated heterocycles. The van der Waals surface area contributed by atoms with Gasteiger partial charge in [0.25, 0.3) is 0 Å². The lowest BCUT2D eigenvalue weighted by molar-refractivity contribution is 0.0219. The molecular formula is C19H30. The highest BCUT2D eigenvalue weighted by atomic mass is 14.5. The molecule has 0 aromatic heterocycles. The third-order valence-electron chi connectivity index (χ3n) is 6.46. The van der Waals surface area contributed by atoms with E-state index in [9.17, 15) is 0 Å². The summed E-state index contributed by atoms with van der Waals surface area (Å²) in [5, 5.41) is 0.